The molecule has 560 valence electrons. The molecule has 17 nitrogen and oxygen atoms in total. The normalized spacial score (nSPS) is 14.7. The van der Waals surface area contributed by atoms with Gasteiger partial charge in [0.15, 0.2) is 12.2 Å². The Bertz CT molecular complexity index is 2380. The van der Waals surface area contributed by atoms with Crippen LogP contribution in [0.3, 0.4) is 0 Å². The summed E-state index contributed by atoms with van der Waals surface area (Å²) in [6, 6.07) is 0. The first kappa shape index (κ1) is 93.2. The molecule has 0 radical (unpaired) electrons. The highest BCUT2D eigenvalue weighted by Crippen LogP contribution is 2.45. The summed E-state index contributed by atoms with van der Waals surface area (Å²) in [5.74, 6) is -2.28. The fourth-order valence-corrected chi connectivity index (χ4v) is 11.0. The second kappa shape index (κ2) is 70.6. The van der Waals surface area contributed by atoms with Crippen LogP contribution in [0.25, 0.3) is 0 Å². The number of phosphoric ester groups is 2. The zero-order valence-corrected chi connectivity index (χ0v) is 62.7. The molecular formula is C79H132O17P2. The lowest BCUT2D eigenvalue weighted by molar-refractivity contribution is -0.161. The molecule has 0 fully saturated rings. The van der Waals surface area contributed by atoms with Crippen LogP contribution in [0.2, 0.25) is 0 Å². The predicted molar refractivity (Wildman–Crippen MR) is 399 cm³/mol. The van der Waals surface area contributed by atoms with Gasteiger partial charge < -0.3 is 33.8 Å². The zero-order valence-electron chi connectivity index (χ0n) is 60.9. The van der Waals surface area contributed by atoms with Crippen molar-refractivity contribution < 1.29 is 80.2 Å². The second-order valence-electron chi connectivity index (χ2n) is 24.5. The summed E-state index contributed by atoms with van der Waals surface area (Å²) in [7, 11) is -9.98. The molecule has 0 aromatic heterocycles. The minimum atomic E-state index is -4.99. The van der Waals surface area contributed by atoms with E-state index in [0.29, 0.717) is 25.7 Å². The van der Waals surface area contributed by atoms with Gasteiger partial charge in [-0.2, -0.15) is 0 Å². The number of aliphatic hydroxyl groups is 1. The van der Waals surface area contributed by atoms with E-state index >= 15 is 0 Å². The smallest absolute Gasteiger partial charge is 0.462 e. The van der Waals surface area contributed by atoms with Gasteiger partial charge >= 0.3 is 39.5 Å². The van der Waals surface area contributed by atoms with E-state index in [0.717, 1.165) is 173 Å². The van der Waals surface area contributed by atoms with Crippen LogP contribution in [0.1, 0.15) is 285 Å². The highest BCUT2D eigenvalue weighted by molar-refractivity contribution is 7.47. The highest BCUT2D eigenvalue weighted by atomic mass is 31.2. The molecule has 0 bridgehead atoms. The average molecular weight is 1420 g/mol. The molecule has 0 aliphatic heterocycles. The number of rotatable bonds is 69. The molecule has 5 atom stereocenters. The van der Waals surface area contributed by atoms with Crippen molar-refractivity contribution in [1.82, 2.24) is 0 Å². The first-order chi connectivity index (χ1) is 47.7. The SMILES string of the molecule is CC/C=C\C/C=C\C/C=C\C/C=C\CCCCCCC(=O)OCC(COP(=O)(O)OCC(O)COP(=O)(O)OCC(COC(=O)CCCC/C=C\C/C=C\C/C=C\C/C=C\CC)OC(=O)CCCCCCC/C=C\C/C=C\CCCCC)OC(=O)CCCCCCC/C=C\CCCC. The molecular weight excluding hydrogens is 1280 g/mol. The zero-order chi connectivity index (χ0) is 71.8. The summed E-state index contributed by atoms with van der Waals surface area (Å²) >= 11 is 0. The predicted octanol–water partition coefficient (Wildman–Crippen LogP) is 21.3. The van der Waals surface area contributed by atoms with Gasteiger partial charge in [0, 0.05) is 25.7 Å². The van der Waals surface area contributed by atoms with Gasteiger partial charge in [-0.15, -0.1) is 0 Å². The number of unbranched alkanes of at least 4 members (excludes halogenated alkanes) is 21. The van der Waals surface area contributed by atoms with Gasteiger partial charge in [-0.25, -0.2) is 9.13 Å². The van der Waals surface area contributed by atoms with Crippen LogP contribution in [0.15, 0.2) is 134 Å². The molecule has 0 aromatic rings. The van der Waals surface area contributed by atoms with Crippen LogP contribution in [-0.4, -0.2) is 96.7 Å². The van der Waals surface area contributed by atoms with Gasteiger partial charge in [-0.05, 0) is 154 Å². The standard InChI is InChI=1S/C79H132O17P2/c1-5-9-13-17-21-25-29-32-35-36-39-41-45-48-52-56-60-64-77(82)89-69-74(95-78(83)65-61-57-53-49-43-28-24-20-16-12-8-4)71-93-97(85,86)91-67-73(80)68-92-98(87,88)94-72-75(96-79(84)66-62-58-54-50-46-42-38-34-31-27-23-19-15-11-7-3)70-90-76(81)63-59-55-51-47-44-40-37-33-30-26-22-18-14-10-6-2/h9-10,13-14,20-27,32-35,37-39,41,44,47,73-75,80H,5-8,11-12,15-19,28-31,36,40,42-43,45-46,48-72H2,1-4H3,(H,85,86)(H,87,88)/b13-9-,14-10-,24-20-,25-21-,26-22-,27-23-,35-32-,37-33-,38-34-,41-39-,47-44-. The maximum atomic E-state index is 13.1. The number of ether oxygens (including phenoxy) is 4. The Morgan fingerprint density at radius 3 is 0.878 bits per heavy atom. The van der Waals surface area contributed by atoms with E-state index in [1.54, 1.807) is 0 Å². The third-order valence-electron chi connectivity index (χ3n) is 15.1. The van der Waals surface area contributed by atoms with E-state index in [1.807, 2.05) is 0 Å². The van der Waals surface area contributed by atoms with Crippen LogP contribution in [0.5, 0.6) is 0 Å². The summed E-state index contributed by atoms with van der Waals surface area (Å²) in [6.07, 6.45) is 77.4. The maximum absolute atomic E-state index is 13.1. The van der Waals surface area contributed by atoms with Crippen LogP contribution in [0.4, 0.5) is 0 Å². The van der Waals surface area contributed by atoms with Gasteiger partial charge in [0.1, 0.15) is 19.3 Å². The summed E-state index contributed by atoms with van der Waals surface area (Å²) in [4.78, 5) is 72.8. The number of esters is 4. The van der Waals surface area contributed by atoms with Crippen LogP contribution < -0.4 is 0 Å². The van der Waals surface area contributed by atoms with Crippen LogP contribution in [-0.2, 0) is 65.4 Å². The highest BCUT2D eigenvalue weighted by Gasteiger charge is 2.30. The van der Waals surface area contributed by atoms with E-state index in [1.165, 1.54) is 32.1 Å². The van der Waals surface area contributed by atoms with Crippen molar-refractivity contribution in [3.8, 4) is 0 Å². The summed E-state index contributed by atoms with van der Waals surface area (Å²) in [5, 5.41) is 10.6. The molecule has 0 aromatic carbocycles. The minimum absolute atomic E-state index is 0.0662. The molecule has 0 saturated heterocycles. The van der Waals surface area contributed by atoms with Gasteiger partial charge in [-0.3, -0.25) is 37.3 Å². The number of carbonyl (C=O) groups excluding carboxylic acids is 4. The lowest BCUT2D eigenvalue weighted by atomic mass is 10.1. The summed E-state index contributed by atoms with van der Waals surface area (Å²) < 4.78 is 68.3. The Labute approximate surface area is 593 Å². The van der Waals surface area contributed by atoms with Crippen molar-refractivity contribution in [2.75, 3.05) is 39.6 Å². The molecule has 19 heteroatoms. The molecule has 3 N–H and O–H groups in total. The molecule has 0 aliphatic rings. The van der Waals surface area contributed by atoms with Crippen molar-refractivity contribution >= 4 is 39.5 Å². The Morgan fingerprint density at radius 1 is 0.296 bits per heavy atom. The summed E-state index contributed by atoms with van der Waals surface area (Å²) in [5.41, 5.74) is 0. The third-order valence-corrected chi connectivity index (χ3v) is 17.0. The van der Waals surface area contributed by atoms with Gasteiger partial charge in [0.05, 0.1) is 26.4 Å². The third kappa shape index (κ3) is 69.7. The minimum Gasteiger partial charge on any atom is -0.462 e. The Kier molecular flexibility index (Phi) is 67.2. The second-order valence-corrected chi connectivity index (χ2v) is 27.4. The topological polar surface area (TPSA) is 237 Å². The molecule has 0 saturated carbocycles. The van der Waals surface area contributed by atoms with Crippen molar-refractivity contribution in [3.63, 3.8) is 0 Å². The van der Waals surface area contributed by atoms with E-state index in [9.17, 15) is 43.2 Å². The van der Waals surface area contributed by atoms with Gasteiger partial charge in [-0.1, -0.05) is 238 Å². The quantitative estimate of drug-likeness (QED) is 0.0169. The van der Waals surface area contributed by atoms with Crippen molar-refractivity contribution in [2.24, 2.45) is 0 Å². The van der Waals surface area contributed by atoms with E-state index < -0.39 is 97.5 Å². The molecule has 0 heterocycles. The lowest BCUT2D eigenvalue weighted by Crippen LogP contribution is -2.30. The van der Waals surface area contributed by atoms with Crippen molar-refractivity contribution in [1.29, 1.82) is 0 Å². The monoisotopic (exact) mass is 1410 g/mol. The Hall–Kier alpha value is -4.80. The summed E-state index contributed by atoms with van der Waals surface area (Å²) in [6.45, 7) is 4.46. The maximum Gasteiger partial charge on any atom is 0.472 e. The van der Waals surface area contributed by atoms with Crippen LogP contribution >= 0.6 is 15.6 Å². The number of aliphatic hydroxyl groups excluding tert-OH is 1. The average Bonchev–Trinajstić information content (AvgIpc) is 0.986. The number of phosphoric acid groups is 2. The molecule has 98 heavy (non-hydrogen) atoms. The number of allylic oxidation sites excluding steroid dienone is 22. The van der Waals surface area contributed by atoms with Crippen molar-refractivity contribution in [3.05, 3.63) is 134 Å². The fourth-order valence-electron chi connectivity index (χ4n) is 9.39. The van der Waals surface area contributed by atoms with Crippen LogP contribution in [0, 0.1) is 0 Å². The van der Waals surface area contributed by atoms with E-state index in [2.05, 4.69) is 161 Å². The van der Waals surface area contributed by atoms with Crippen molar-refractivity contribution in [2.45, 2.75) is 303 Å². The molecule has 0 aliphatic carbocycles. The number of hydrogen-bond acceptors (Lipinski definition) is 15. The lowest BCUT2D eigenvalue weighted by Gasteiger charge is -2.21. The molecule has 0 rings (SSSR count). The van der Waals surface area contributed by atoms with E-state index in [4.69, 9.17) is 37.0 Å². The number of carbonyl (C=O) groups is 4. The number of hydrogen-bond donors (Lipinski definition) is 3. The first-order valence-electron chi connectivity index (χ1n) is 37.4. The van der Waals surface area contributed by atoms with E-state index in [-0.39, 0.29) is 25.7 Å². The molecule has 0 spiro atoms. The van der Waals surface area contributed by atoms with Gasteiger partial charge in [0.25, 0.3) is 0 Å². The first-order valence-corrected chi connectivity index (χ1v) is 40.4. The fraction of sp³-hybridized carbons (Fsp3) is 0.671. The Balaban J connectivity index is 5.40. The van der Waals surface area contributed by atoms with Gasteiger partial charge in [0.2, 0.25) is 0 Å². The molecule has 5 unspecified atom stereocenters. The molecule has 0 amide bonds. The Morgan fingerprint density at radius 2 is 0.541 bits per heavy atom. The largest absolute Gasteiger partial charge is 0.472 e.